The van der Waals surface area contributed by atoms with E-state index in [4.69, 9.17) is 0 Å². The van der Waals surface area contributed by atoms with Crippen LogP contribution < -0.4 is 10.2 Å². The molecule has 0 saturated carbocycles. The minimum Gasteiger partial charge on any atom is -0.356 e. The van der Waals surface area contributed by atoms with Crippen LogP contribution in [0.2, 0.25) is 0 Å². The summed E-state index contributed by atoms with van der Waals surface area (Å²) in [6.07, 6.45) is 1.18. The number of aryl methyl sites for hydroxylation is 1. The Morgan fingerprint density at radius 1 is 1.03 bits per heavy atom. The SMILES string of the molecule is CC[C@@H](C)NC(=O)c1ccccc1N1C(=O)[C@@H]2Cc3c([nH]c4ccccc34)[C@H](c3ccc(C)cc3)N2C1=O. The molecule has 1 fully saturated rings. The molecule has 0 spiro atoms. The Kier molecular flexibility index (Phi) is 5.79. The number of fused-ring (bicyclic) bond motifs is 4. The van der Waals surface area contributed by atoms with Gasteiger partial charge in [0.05, 0.1) is 11.3 Å². The van der Waals surface area contributed by atoms with Crippen molar-refractivity contribution in [3.8, 4) is 0 Å². The van der Waals surface area contributed by atoms with Crippen LogP contribution in [0.4, 0.5) is 10.5 Å². The summed E-state index contributed by atoms with van der Waals surface area (Å²) >= 11 is 0. The first kappa shape index (κ1) is 24.0. The minimum atomic E-state index is -0.675. The van der Waals surface area contributed by atoms with Crippen molar-refractivity contribution in [3.05, 3.63) is 101 Å². The number of anilines is 1. The van der Waals surface area contributed by atoms with Gasteiger partial charge in [0.2, 0.25) is 0 Å². The number of carbonyl (C=O) groups is 3. The van der Waals surface area contributed by atoms with Crippen LogP contribution in [-0.4, -0.2) is 39.8 Å². The van der Waals surface area contributed by atoms with Crippen LogP contribution in [0, 0.1) is 6.92 Å². The molecular formula is C31H30N4O3. The average molecular weight is 507 g/mol. The van der Waals surface area contributed by atoms with E-state index >= 15 is 0 Å². The van der Waals surface area contributed by atoms with Crippen molar-refractivity contribution >= 4 is 34.4 Å². The maximum Gasteiger partial charge on any atom is 0.332 e. The number of rotatable bonds is 5. The topological polar surface area (TPSA) is 85.5 Å². The fourth-order valence-corrected chi connectivity index (χ4v) is 5.66. The molecule has 1 saturated heterocycles. The van der Waals surface area contributed by atoms with Crippen molar-refractivity contribution in [1.29, 1.82) is 0 Å². The molecule has 0 radical (unpaired) electrons. The maximum atomic E-state index is 14.2. The Bertz CT molecular complexity index is 1570. The van der Waals surface area contributed by atoms with Crippen molar-refractivity contribution in [1.82, 2.24) is 15.2 Å². The van der Waals surface area contributed by atoms with Crippen LogP contribution in [0.3, 0.4) is 0 Å². The monoisotopic (exact) mass is 506 g/mol. The molecule has 3 heterocycles. The summed E-state index contributed by atoms with van der Waals surface area (Å²) in [5, 5.41) is 4.03. The molecule has 192 valence electrons. The molecule has 38 heavy (non-hydrogen) atoms. The van der Waals surface area contributed by atoms with Crippen LogP contribution in [0.15, 0.2) is 72.8 Å². The van der Waals surface area contributed by atoms with Gasteiger partial charge in [-0.05, 0) is 49.6 Å². The zero-order valence-corrected chi connectivity index (χ0v) is 21.7. The number of nitrogens with one attached hydrogen (secondary N) is 2. The molecule has 4 amide bonds. The molecule has 0 unspecified atom stereocenters. The fourth-order valence-electron chi connectivity index (χ4n) is 5.66. The van der Waals surface area contributed by atoms with Gasteiger partial charge in [-0.15, -0.1) is 0 Å². The Balaban J connectivity index is 1.48. The average Bonchev–Trinajstić information content (AvgIpc) is 3.42. The van der Waals surface area contributed by atoms with Crippen molar-refractivity contribution in [2.45, 2.75) is 51.7 Å². The molecule has 2 aliphatic heterocycles. The quantitative estimate of drug-likeness (QED) is 0.351. The van der Waals surface area contributed by atoms with Crippen LogP contribution in [0.25, 0.3) is 10.9 Å². The number of hydrogen-bond donors (Lipinski definition) is 2. The molecule has 3 aromatic carbocycles. The van der Waals surface area contributed by atoms with E-state index in [0.29, 0.717) is 17.7 Å². The number of para-hydroxylation sites is 2. The van der Waals surface area contributed by atoms with E-state index in [9.17, 15) is 14.4 Å². The van der Waals surface area contributed by atoms with Gasteiger partial charge in [0.25, 0.3) is 11.8 Å². The highest BCUT2D eigenvalue weighted by molar-refractivity contribution is 6.24. The third-order valence-corrected chi connectivity index (χ3v) is 7.82. The molecule has 7 nitrogen and oxygen atoms in total. The van der Waals surface area contributed by atoms with Gasteiger partial charge >= 0.3 is 6.03 Å². The lowest BCUT2D eigenvalue weighted by molar-refractivity contribution is -0.120. The number of carbonyl (C=O) groups excluding carboxylic acids is 3. The lowest BCUT2D eigenvalue weighted by atomic mass is 9.88. The third kappa shape index (κ3) is 3.69. The number of hydrogen-bond acceptors (Lipinski definition) is 3. The molecule has 7 heteroatoms. The van der Waals surface area contributed by atoms with Crippen LogP contribution in [0.5, 0.6) is 0 Å². The van der Waals surface area contributed by atoms with Crippen molar-refractivity contribution < 1.29 is 14.4 Å². The first-order chi connectivity index (χ1) is 18.4. The Hall–Kier alpha value is -4.39. The summed E-state index contributed by atoms with van der Waals surface area (Å²) < 4.78 is 0. The van der Waals surface area contributed by atoms with Crippen LogP contribution in [0.1, 0.15) is 59.1 Å². The standard InChI is InChI=1S/C31H30N4O3/c1-4-19(3)32-29(36)22-10-6-8-12-25(22)35-30(37)26-17-23-21-9-5-7-11-24(21)33-27(23)28(34(26)31(35)38)20-15-13-18(2)14-16-20/h5-16,19,26,28,33H,4,17H2,1-3H3,(H,32,36)/t19-,26+,28+/m1/s1. The Morgan fingerprint density at radius 2 is 1.74 bits per heavy atom. The van der Waals surface area contributed by atoms with Gasteiger partial charge in [0.15, 0.2) is 0 Å². The number of aromatic nitrogens is 1. The summed E-state index contributed by atoms with van der Waals surface area (Å²) in [5.74, 6) is -0.612. The molecule has 3 atom stereocenters. The number of imide groups is 1. The number of H-pyrrole nitrogens is 1. The van der Waals surface area contributed by atoms with Crippen LogP contribution in [-0.2, 0) is 11.2 Å². The highest BCUT2D eigenvalue weighted by Gasteiger charge is 2.53. The molecular weight excluding hydrogens is 476 g/mol. The second kappa shape index (κ2) is 9.17. The second-order valence-corrected chi connectivity index (χ2v) is 10.3. The number of aromatic amines is 1. The lowest BCUT2D eigenvalue weighted by Gasteiger charge is -2.36. The maximum absolute atomic E-state index is 14.2. The van der Waals surface area contributed by atoms with Gasteiger partial charge in [-0.25, -0.2) is 9.69 Å². The van der Waals surface area contributed by atoms with E-state index in [2.05, 4.69) is 16.4 Å². The number of benzene rings is 3. The highest BCUT2D eigenvalue weighted by Crippen LogP contribution is 2.45. The first-order valence-corrected chi connectivity index (χ1v) is 13.1. The van der Waals surface area contributed by atoms with E-state index < -0.39 is 18.1 Å². The normalized spacial score (nSPS) is 19.4. The predicted octanol–water partition coefficient (Wildman–Crippen LogP) is 5.49. The summed E-state index contributed by atoms with van der Waals surface area (Å²) in [7, 11) is 0. The third-order valence-electron chi connectivity index (χ3n) is 7.82. The smallest absolute Gasteiger partial charge is 0.332 e. The van der Waals surface area contributed by atoms with Crippen molar-refractivity contribution in [2.24, 2.45) is 0 Å². The molecule has 0 aliphatic carbocycles. The van der Waals surface area contributed by atoms with E-state index in [1.165, 1.54) is 4.90 Å². The van der Waals surface area contributed by atoms with Gasteiger partial charge in [-0.3, -0.25) is 14.5 Å². The van der Waals surface area contributed by atoms with E-state index in [1.54, 1.807) is 29.2 Å². The molecule has 2 aliphatic rings. The molecule has 0 bridgehead atoms. The number of urea groups is 1. The molecule has 2 N–H and O–H groups in total. The van der Waals surface area contributed by atoms with Gasteiger partial charge < -0.3 is 10.3 Å². The summed E-state index contributed by atoms with van der Waals surface area (Å²) in [6.45, 7) is 5.94. The summed E-state index contributed by atoms with van der Waals surface area (Å²) in [5.41, 5.74) is 5.64. The Morgan fingerprint density at radius 3 is 2.50 bits per heavy atom. The second-order valence-electron chi connectivity index (χ2n) is 10.3. The summed E-state index contributed by atoms with van der Waals surface area (Å²) in [4.78, 5) is 47.8. The minimum absolute atomic E-state index is 0.0314. The summed E-state index contributed by atoms with van der Waals surface area (Å²) in [6, 6.07) is 21.4. The number of nitrogens with zero attached hydrogens (tertiary/aromatic N) is 2. The highest BCUT2D eigenvalue weighted by atomic mass is 16.2. The van der Waals surface area contributed by atoms with E-state index in [-0.39, 0.29) is 17.9 Å². The van der Waals surface area contributed by atoms with Gasteiger partial charge in [-0.2, -0.15) is 0 Å². The van der Waals surface area contributed by atoms with Gasteiger partial charge in [-0.1, -0.05) is 67.1 Å². The zero-order valence-electron chi connectivity index (χ0n) is 21.7. The van der Waals surface area contributed by atoms with E-state index in [0.717, 1.165) is 39.7 Å². The first-order valence-electron chi connectivity index (χ1n) is 13.1. The predicted molar refractivity (Wildman–Crippen MR) is 147 cm³/mol. The lowest BCUT2D eigenvalue weighted by Crippen LogP contribution is -2.44. The number of amides is 4. The van der Waals surface area contributed by atoms with E-state index in [1.807, 2.05) is 63.2 Å². The van der Waals surface area contributed by atoms with Gasteiger partial charge in [0, 0.05) is 29.1 Å². The van der Waals surface area contributed by atoms with Crippen molar-refractivity contribution in [2.75, 3.05) is 4.90 Å². The van der Waals surface area contributed by atoms with Gasteiger partial charge in [0.1, 0.15) is 12.1 Å². The molecule has 6 rings (SSSR count). The molecule has 1 aromatic heterocycles. The molecule has 4 aromatic rings. The van der Waals surface area contributed by atoms with Crippen LogP contribution >= 0.6 is 0 Å². The fraction of sp³-hybridized carbons (Fsp3) is 0.258. The largest absolute Gasteiger partial charge is 0.356 e. The Labute approximate surface area is 221 Å². The zero-order chi connectivity index (χ0) is 26.6. The van der Waals surface area contributed by atoms with Crippen molar-refractivity contribution in [3.63, 3.8) is 0 Å².